The number of hydrogen-bond donors (Lipinski definition) is 0. The van der Waals surface area contributed by atoms with E-state index in [-0.39, 0.29) is 18.3 Å². The monoisotopic (exact) mass is 611 g/mol. The number of amides is 2. The van der Waals surface area contributed by atoms with Crippen molar-refractivity contribution in [3.05, 3.63) is 102 Å². The molecule has 218 valence electrons. The molecule has 10 heteroatoms. The Morgan fingerprint density at radius 1 is 0.930 bits per heavy atom. The van der Waals surface area contributed by atoms with E-state index in [9.17, 15) is 19.6 Å². The molecule has 2 amide bonds. The molecule has 3 aromatic carbocycles. The molecule has 3 aliphatic heterocycles. The summed E-state index contributed by atoms with van der Waals surface area (Å²) in [6, 6.07) is 24.9. The molecule has 1 unspecified atom stereocenters. The molecular weight excluding hydrogens is 583 g/mol. The number of piperazine rings is 1. The highest BCUT2D eigenvalue weighted by Crippen LogP contribution is 2.63. The van der Waals surface area contributed by atoms with Crippen molar-refractivity contribution in [2.45, 2.75) is 36.1 Å². The lowest BCUT2D eigenvalue weighted by atomic mass is 9.79. The summed E-state index contributed by atoms with van der Waals surface area (Å²) in [4.78, 5) is 43.9. The van der Waals surface area contributed by atoms with Crippen molar-refractivity contribution in [3.8, 4) is 17.6 Å². The highest BCUT2D eigenvalue weighted by Gasteiger charge is 2.71. The van der Waals surface area contributed by atoms with Crippen LogP contribution in [0.15, 0.2) is 85.4 Å². The van der Waals surface area contributed by atoms with Gasteiger partial charge in [0.25, 0.3) is 11.8 Å². The topological polar surface area (TPSA) is 99.9 Å². The van der Waals surface area contributed by atoms with E-state index in [4.69, 9.17) is 9.47 Å². The molecule has 4 atom stereocenters. The Morgan fingerprint density at radius 3 is 2.21 bits per heavy atom. The lowest BCUT2D eigenvalue weighted by molar-refractivity contribution is -0.163. The molecule has 0 spiro atoms. The molecule has 2 fully saturated rings. The zero-order valence-corrected chi connectivity index (χ0v) is 25.5. The van der Waals surface area contributed by atoms with E-state index >= 15 is 0 Å². The van der Waals surface area contributed by atoms with E-state index in [0.717, 1.165) is 17.3 Å². The third-order valence-corrected chi connectivity index (χ3v) is 11.0. The second-order valence-corrected chi connectivity index (χ2v) is 13.9. The molecule has 3 aromatic rings. The summed E-state index contributed by atoms with van der Waals surface area (Å²) in [5.74, 6) is 0.222. The van der Waals surface area contributed by atoms with Gasteiger partial charge in [-0.3, -0.25) is 14.4 Å². The number of carbonyl (C=O) groups is 3. The van der Waals surface area contributed by atoms with E-state index in [1.165, 1.54) is 21.6 Å². The molecule has 43 heavy (non-hydrogen) atoms. The summed E-state index contributed by atoms with van der Waals surface area (Å²) in [7, 11) is 1.58. The maximum Gasteiger partial charge on any atom is 0.261 e. The van der Waals surface area contributed by atoms with Crippen LogP contribution in [-0.2, 0) is 9.59 Å². The third-order valence-electron chi connectivity index (χ3n) is 8.41. The van der Waals surface area contributed by atoms with Gasteiger partial charge >= 0.3 is 0 Å². The van der Waals surface area contributed by atoms with Gasteiger partial charge in [0, 0.05) is 23.9 Å². The minimum absolute atomic E-state index is 0.0475. The Balaban J connectivity index is 1.51. The Morgan fingerprint density at radius 2 is 1.56 bits per heavy atom. The summed E-state index contributed by atoms with van der Waals surface area (Å²) in [5.41, 5.74) is 0.609. The van der Waals surface area contributed by atoms with E-state index in [2.05, 4.69) is 12.6 Å². The summed E-state index contributed by atoms with van der Waals surface area (Å²) < 4.78 is 11.1. The molecule has 8 nitrogen and oxygen atoms in total. The average molecular weight is 612 g/mol. The molecule has 0 saturated carbocycles. The Hall–Kier alpha value is -4.20. The molecule has 0 bridgehead atoms. The maximum atomic E-state index is 15.0. The van der Waals surface area contributed by atoms with E-state index in [1.54, 1.807) is 69.4 Å². The fourth-order valence-electron chi connectivity index (χ4n) is 6.11. The number of thioether (sulfide) groups is 2. The van der Waals surface area contributed by atoms with Gasteiger partial charge in [-0.25, -0.2) is 0 Å². The lowest BCUT2D eigenvalue weighted by Gasteiger charge is -2.53. The number of carbonyl (C=O) groups excluding carboxylic acids is 3. The molecule has 6 rings (SSSR count). The van der Waals surface area contributed by atoms with Crippen LogP contribution in [0.3, 0.4) is 0 Å². The van der Waals surface area contributed by atoms with E-state index in [1.807, 2.05) is 30.3 Å². The minimum Gasteiger partial charge on any atom is -0.454 e. The summed E-state index contributed by atoms with van der Waals surface area (Å²) >= 11 is 1.98. The van der Waals surface area contributed by atoms with Crippen LogP contribution in [0.5, 0.6) is 11.5 Å². The zero-order chi connectivity index (χ0) is 30.6. The van der Waals surface area contributed by atoms with Gasteiger partial charge in [0.1, 0.15) is 0 Å². The molecule has 0 N–H and O–H groups in total. The van der Waals surface area contributed by atoms with Crippen molar-refractivity contribution in [3.63, 3.8) is 0 Å². The third kappa shape index (κ3) is 4.50. The Labute approximate surface area is 258 Å². The maximum absolute atomic E-state index is 15.0. The van der Waals surface area contributed by atoms with Crippen LogP contribution >= 0.6 is 23.5 Å². The normalized spacial score (nSPS) is 27.5. The van der Waals surface area contributed by atoms with E-state index in [0.29, 0.717) is 27.5 Å². The van der Waals surface area contributed by atoms with Crippen LogP contribution in [0.1, 0.15) is 47.8 Å². The fraction of sp³-hybridized carbons (Fsp3) is 0.273. The smallest absolute Gasteiger partial charge is 0.261 e. The van der Waals surface area contributed by atoms with Crippen molar-refractivity contribution in [2.24, 2.45) is 5.41 Å². The number of benzene rings is 3. The average Bonchev–Trinajstić information content (AvgIpc) is 3.60. The summed E-state index contributed by atoms with van der Waals surface area (Å²) in [6.45, 7) is 7.72. The molecule has 0 aliphatic carbocycles. The van der Waals surface area contributed by atoms with Crippen LogP contribution in [0.4, 0.5) is 0 Å². The highest BCUT2D eigenvalue weighted by molar-refractivity contribution is 8.16. The van der Waals surface area contributed by atoms with Crippen LogP contribution in [0.25, 0.3) is 4.91 Å². The van der Waals surface area contributed by atoms with Crippen molar-refractivity contribution in [1.82, 2.24) is 9.80 Å². The van der Waals surface area contributed by atoms with Crippen molar-refractivity contribution >= 4 is 45.4 Å². The largest absolute Gasteiger partial charge is 0.454 e. The number of likely N-dealkylation sites (N-methyl/N-ethyl adjacent to an activating group) is 1. The Kier molecular flexibility index (Phi) is 7.06. The second kappa shape index (κ2) is 10.5. The number of fused-ring (bicyclic) bond motifs is 2. The van der Waals surface area contributed by atoms with Gasteiger partial charge in [-0.1, -0.05) is 85.1 Å². The Bertz CT molecular complexity index is 1690. The van der Waals surface area contributed by atoms with Crippen LogP contribution in [0, 0.1) is 16.7 Å². The first kappa shape index (κ1) is 28.9. The molecule has 3 aliphatic rings. The van der Waals surface area contributed by atoms with Gasteiger partial charge in [-0.2, -0.15) is 5.26 Å². The van der Waals surface area contributed by atoms with Gasteiger partial charge in [0.05, 0.1) is 17.5 Å². The van der Waals surface area contributed by atoms with Crippen molar-refractivity contribution in [1.29, 1.82) is 5.26 Å². The van der Waals surface area contributed by atoms with Crippen molar-refractivity contribution in [2.75, 3.05) is 13.8 Å². The van der Waals surface area contributed by atoms with Crippen LogP contribution < -0.4 is 9.47 Å². The van der Waals surface area contributed by atoms with Gasteiger partial charge in [0.2, 0.25) is 11.9 Å². The fourth-order valence-corrected chi connectivity index (χ4v) is 8.69. The lowest BCUT2D eigenvalue weighted by Crippen LogP contribution is -2.71. The first-order valence-electron chi connectivity index (χ1n) is 13.7. The molecule has 0 radical (unpaired) electrons. The van der Waals surface area contributed by atoms with Gasteiger partial charge in [0.15, 0.2) is 21.2 Å². The van der Waals surface area contributed by atoms with Crippen molar-refractivity contribution < 1.29 is 23.9 Å². The van der Waals surface area contributed by atoms with Gasteiger partial charge in [-0.05, 0) is 48.9 Å². The number of nitriles is 1. The molecule has 2 saturated heterocycles. The molecule has 3 heterocycles. The standard InChI is InChI=1S/C33H29N3O5S2/c1-21(22-11-7-5-8-12-22)42-32(3)29(38)36-27(24-15-16-25-26(17-24)41-20-40-25)31(2,19-34)18-33(36,30(39)35(32)4)43-28(37)23-13-9-6-10-14-23/h5-17,27H,1,18,20H2,2-4H3/t27?,31-,32+,33+/m1/s1. The minimum atomic E-state index is -1.67. The number of hydrogen-bond acceptors (Lipinski definition) is 8. The predicted octanol–water partition coefficient (Wildman–Crippen LogP) is 6.08. The molecule has 0 aromatic heterocycles. The number of nitrogens with zero attached hydrogens (tertiary/aromatic N) is 3. The van der Waals surface area contributed by atoms with Crippen LogP contribution in [0.2, 0.25) is 0 Å². The van der Waals surface area contributed by atoms with Gasteiger partial charge < -0.3 is 19.3 Å². The number of rotatable bonds is 6. The quantitative estimate of drug-likeness (QED) is 0.331. The first-order chi connectivity index (χ1) is 20.5. The highest BCUT2D eigenvalue weighted by atomic mass is 32.2. The number of ether oxygens (including phenoxy) is 2. The predicted molar refractivity (Wildman–Crippen MR) is 166 cm³/mol. The van der Waals surface area contributed by atoms with Gasteiger partial charge in [-0.15, -0.1) is 0 Å². The summed E-state index contributed by atoms with van der Waals surface area (Å²) in [5, 5.41) is 10.3. The summed E-state index contributed by atoms with van der Waals surface area (Å²) in [6.07, 6.45) is -0.0475. The van der Waals surface area contributed by atoms with Crippen LogP contribution in [-0.4, -0.2) is 50.3 Å². The zero-order valence-electron chi connectivity index (χ0n) is 23.9. The molecular formula is C33H29N3O5S2. The second-order valence-electron chi connectivity index (χ2n) is 11.2. The van der Waals surface area contributed by atoms with E-state index < -0.39 is 33.0 Å². The SMILES string of the molecule is C=C(S[C@@]1(C)C(=O)N2C(c3ccc4c(c3)OCO4)[C@@](C)(C#N)C[C@]2(SC(=O)c2ccccc2)C(=O)N1C)c1ccccc1. The first-order valence-corrected chi connectivity index (χ1v) is 15.3.